The summed E-state index contributed by atoms with van der Waals surface area (Å²) >= 11 is 2.13. The van der Waals surface area contributed by atoms with Gasteiger partial charge < -0.3 is 10.2 Å². The summed E-state index contributed by atoms with van der Waals surface area (Å²) in [6.07, 6.45) is 0. The minimum Gasteiger partial charge on any atom is -0.345 e. The second-order valence-electron chi connectivity index (χ2n) is 5.24. The maximum atomic E-state index is 12.0. The number of carbonyl (C=O) groups excluding carboxylic acids is 2. The highest BCUT2D eigenvalue weighted by molar-refractivity contribution is 14.1. The molecule has 0 radical (unpaired) electrons. The Hall–Kier alpha value is -2.33. The Morgan fingerprint density at radius 2 is 1.75 bits per heavy atom. The lowest BCUT2D eigenvalue weighted by molar-refractivity contribution is 0.0827. The summed E-state index contributed by atoms with van der Waals surface area (Å²) in [7, 11) is 3.43. The lowest BCUT2D eigenvalue weighted by Crippen LogP contribution is -2.24. The van der Waals surface area contributed by atoms with Crippen molar-refractivity contribution in [3.63, 3.8) is 0 Å². The molecule has 2 rings (SSSR count). The van der Waals surface area contributed by atoms with Crippen molar-refractivity contribution in [1.29, 1.82) is 0 Å². The summed E-state index contributed by atoms with van der Waals surface area (Å²) in [5.41, 5.74) is 2.07. The second kappa shape index (κ2) is 8.50. The monoisotopic (exact) mass is 432 g/mol. The molecule has 0 heterocycles. The average molecular weight is 432 g/mol. The second-order valence-corrected chi connectivity index (χ2v) is 6.40. The third-order valence-corrected chi connectivity index (χ3v) is 4.17. The first-order valence-electron chi connectivity index (χ1n) is 7.32. The quantitative estimate of drug-likeness (QED) is 0.599. The zero-order chi connectivity index (χ0) is 17.5. The molecule has 2 aromatic rings. The molecule has 0 aromatic heterocycles. The number of halogens is 1. The molecule has 0 spiro atoms. The smallest absolute Gasteiger partial charge is 0.253 e. The van der Waals surface area contributed by atoms with Gasteiger partial charge in [-0.25, -0.2) is 0 Å². The van der Waals surface area contributed by atoms with Crippen molar-refractivity contribution >= 4 is 34.4 Å². The van der Waals surface area contributed by atoms with Crippen molar-refractivity contribution in [3.05, 3.63) is 68.8 Å². The third kappa shape index (κ3) is 4.83. The van der Waals surface area contributed by atoms with Crippen LogP contribution in [-0.4, -0.2) is 37.4 Å². The van der Waals surface area contributed by atoms with Crippen LogP contribution in [0.2, 0.25) is 0 Å². The number of rotatable bonds is 3. The number of benzene rings is 2. The van der Waals surface area contributed by atoms with E-state index in [1.165, 1.54) is 4.90 Å². The zero-order valence-corrected chi connectivity index (χ0v) is 15.6. The molecule has 4 nitrogen and oxygen atoms in total. The molecule has 122 valence electrons. The lowest BCUT2D eigenvalue weighted by Gasteiger charge is -2.09. The van der Waals surface area contributed by atoms with Crippen LogP contribution in [0.3, 0.4) is 0 Å². The standard InChI is InChI=1S/C19H17IN2O2/c1-22(2)19(24)15-11-9-14(10-12-15)6-5-13-21-18(23)16-7-3-4-8-17(16)20/h3-4,7-12H,13H2,1-2H3,(H,21,23). The molecule has 2 aromatic carbocycles. The van der Waals surface area contributed by atoms with E-state index in [-0.39, 0.29) is 18.4 Å². The Labute approximate surface area is 155 Å². The van der Waals surface area contributed by atoms with Gasteiger partial charge in [-0.2, -0.15) is 0 Å². The maximum absolute atomic E-state index is 12.0. The van der Waals surface area contributed by atoms with Crippen LogP contribution in [0.5, 0.6) is 0 Å². The van der Waals surface area contributed by atoms with Gasteiger partial charge in [0, 0.05) is 28.8 Å². The Kier molecular flexibility index (Phi) is 6.38. The summed E-state index contributed by atoms with van der Waals surface area (Å²) in [4.78, 5) is 25.4. The predicted molar refractivity (Wildman–Crippen MR) is 103 cm³/mol. The van der Waals surface area contributed by atoms with Crippen molar-refractivity contribution in [2.24, 2.45) is 0 Å². The highest BCUT2D eigenvalue weighted by Gasteiger charge is 2.07. The van der Waals surface area contributed by atoms with Crippen molar-refractivity contribution in [1.82, 2.24) is 10.2 Å². The van der Waals surface area contributed by atoms with Gasteiger partial charge in [-0.1, -0.05) is 24.0 Å². The first-order chi connectivity index (χ1) is 11.5. The summed E-state index contributed by atoms with van der Waals surface area (Å²) in [6.45, 7) is 0.266. The molecule has 0 unspecified atom stereocenters. The van der Waals surface area contributed by atoms with Crippen molar-refractivity contribution in [2.45, 2.75) is 0 Å². The fourth-order valence-corrected chi connectivity index (χ4v) is 2.60. The lowest BCUT2D eigenvalue weighted by atomic mass is 10.1. The van der Waals surface area contributed by atoms with Crippen LogP contribution >= 0.6 is 22.6 Å². The van der Waals surface area contributed by atoms with Gasteiger partial charge in [0.15, 0.2) is 0 Å². The molecule has 5 heteroatoms. The van der Waals surface area contributed by atoms with Gasteiger partial charge in [-0.3, -0.25) is 9.59 Å². The summed E-state index contributed by atoms with van der Waals surface area (Å²) in [6, 6.07) is 14.5. The number of carbonyl (C=O) groups is 2. The van der Waals surface area contributed by atoms with Gasteiger partial charge in [0.2, 0.25) is 0 Å². The van der Waals surface area contributed by atoms with E-state index in [1.807, 2.05) is 18.2 Å². The molecule has 0 saturated heterocycles. The van der Waals surface area contributed by atoms with Gasteiger partial charge in [0.1, 0.15) is 0 Å². The highest BCUT2D eigenvalue weighted by Crippen LogP contribution is 2.10. The van der Waals surface area contributed by atoms with E-state index in [2.05, 4.69) is 39.7 Å². The molecule has 24 heavy (non-hydrogen) atoms. The van der Waals surface area contributed by atoms with E-state index in [4.69, 9.17) is 0 Å². The Morgan fingerprint density at radius 1 is 1.08 bits per heavy atom. The van der Waals surface area contributed by atoms with E-state index < -0.39 is 0 Å². The molecule has 0 aliphatic carbocycles. The molecule has 0 atom stereocenters. The van der Waals surface area contributed by atoms with Gasteiger partial charge in [-0.15, -0.1) is 0 Å². The van der Waals surface area contributed by atoms with E-state index in [9.17, 15) is 9.59 Å². The van der Waals surface area contributed by atoms with Crippen molar-refractivity contribution < 1.29 is 9.59 Å². The maximum Gasteiger partial charge on any atom is 0.253 e. The number of hydrogen-bond acceptors (Lipinski definition) is 2. The normalized spacial score (nSPS) is 9.62. The Morgan fingerprint density at radius 3 is 2.38 bits per heavy atom. The van der Waals surface area contributed by atoms with Gasteiger partial charge in [0.25, 0.3) is 11.8 Å². The molecule has 0 aliphatic rings. The van der Waals surface area contributed by atoms with Crippen LogP contribution in [0.1, 0.15) is 26.3 Å². The van der Waals surface area contributed by atoms with E-state index >= 15 is 0 Å². The third-order valence-electron chi connectivity index (χ3n) is 3.23. The molecule has 1 N–H and O–H groups in total. The van der Waals surface area contributed by atoms with Gasteiger partial charge in [-0.05, 0) is 59.0 Å². The summed E-state index contributed by atoms with van der Waals surface area (Å²) in [5.74, 6) is 5.70. The highest BCUT2D eigenvalue weighted by atomic mass is 127. The van der Waals surface area contributed by atoms with Crippen molar-refractivity contribution in [2.75, 3.05) is 20.6 Å². The summed E-state index contributed by atoms with van der Waals surface area (Å²) in [5, 5.41) is 2.78. The van der Waals surface area contributed by atoms with E-state index in [1.54, 1.807) is 44.4 Å². The molecule has 0 fully saturated rings. The van der Waals surface area contributed by atoms with Crippen LogP contribution < -0.4 is 5.32 Å². The van der Waals surface area contributed by atoms with Gasteiger partial charge in [0.05, 0.1) is 12.1 Å². The predicted octanol–water partition coefficient (Wildman–Crippen LogP) is 2.77. The topological polar surface area (TPSA) is 49.4 Å². The average Bonchev–Trinajstić information content (AvgIpc) is 2.58. The van der Waals surface area contributed by atoms with Crippen LogP contribution in [0, 0.1) is 15.4 Å². The Bertz CT molecular complexity index is 802. The summed E-state index contributed by atoms with van der Waals surface area (Å²) < 4.78 is 0.904. The number of amides is 2. The van der Waals surface area contributed by atoms with Crippen LogP contribution in [0.4, 0.5) is 0 Å². The van der Waals surface area contributed by atoms with E-state index in [0.29, 0.717) is 11.1 Å². The minimum atomic E-state index is -0.138. The minimum absolute atomic E-state index is 0.0424. The Balaban J connectivity index is 1.93. The van der Waals surface area contributed by atoms with Crippen molar-refractivity contribution in [3.8, 4) is 11.8 Å². The first-order valence-corrected chi connectivity index (χ1v) is 8.40. The van der Waals surface area contributed by atoms with Crippen LogP contribution in [0.25, 0.3) is 0 Å². The number of nitrogens with zero attached hydrogens (tertiary/aromatic N) is 1. The molecule has 2 amide bonds. The SMILES string of the molecule is CN(C)C(=O)c1ccc(C#CCNC(=O)c2ccccc2I)cc1. The molecule has 0 aliphatic heterocycles. The number of nitrogens with one attached hydrogen (secondary N) is 1. The van der Waals surface area contributed by atoms with E-state index in [0.717, 1.165) is 9.13 Å². The first kappa shape index (κ1) is 18.0. The molecular formula is C19H17IN2O2. The molecule has 0 bridgehead atoms. The molecule has 0 saturated carbocycles. The zero-order valence-electron chi connectivity index (χ0n) is 13.5. The largest absolute Gasteiger partial charge is 0.345 e. The molecular weight excluding hydrogens is 415 g/mol. The fourth-order valence-electron chi connectivity index (χ4n) is 1.97. The fraction of sp³-hybridized carbons (Fsp3) is 0.158. The van der Waals surface area contributed by atoms with Crippen LogP contribution in [0.15, 0.2) is 48.5 Å². The van der Waals surface area contributed by atoms with Crippen LogP contribution in [-0.2, 0) is 0 Å². The van der Waals surface area contributed by atoms with Gasteiger partial charge >= 0.3 is 0 Å². The number of hydrogen-bond donors (Lipinski definition) is 1.